The van der Waals surface area contributed by atoms with Crippen molar-refractivity contribution in [1.29, 1.82) is 0 Å². The number of carbonyl (C=O) groups excluding carboxylic acids is 3. The molecule has 0 atom stereocenters. The molecule has 0 bridgehead atoms. The van der Waals surface area contributed by atoms with Gasteiger partial charge in [0.05, 0.1) is 5.56 Å². The van der Waals surface area contributed by atoms with Crippen molar-refractivity contribution in [1.82, 2.24) is 18.6 Å². The van der Waals surface area contributed by atoms with Gasteiger partial charge in [0.1, 0.15) is 17.9 Å². The first-order valence-corrected chi connectivity index (χ1v) is 9.25. The van der Waals surface area contributed by atoms with Crippen molar-refractivity contribution < 1.29 is 32.3 Å². The fraction of sp³-hybridized carbons (Fsp3) is 0.368. The minimum absolute atomic E-state index is 0.437. The van der Waals surface area contributed by atoms with E-state index in [0.717, 1.165) is 18.0 Å². The average Bonchev–Trinajstić information content (AvgIpc) is 2.76. The third-order valence-corrected chi connectivity index (χ3v) is 4.17. The van der Waals surface area contributed by atoms with Crippen LogP contribution in [-0.2, 0) is 41.1 Å². The lowest BCUT2D eigenvalue weighted by Gasteiger charge is -2.12. The summed E-state index contributed by atoms with van der Waals surface area (Å²) >= 11 is 0. The third kappa shape index (κ3) is 6.91. The maximum Gasteiger partial charge on any atom is 0.417 e. The molecule has 12 nitrogen and oxygen atoms in total. The summed E-state index contributed by atoms with van der Waals surface area (Å²) in [7, 11) is 5.72. The number of ketones is 1. The van der Waals surface area contributed by atoms with Crippen molar-refractivity contribution in [2.24, 2.45) is 14.1 Å². The number of anilines is 1. The van der Waals surface area contributed by atoms with Gasteiger partial charge in [-0.15, -0.1) is 0 Å². The van der Waals surface area contributed by atoms with Crippen molar-refractivity contribution in [3.8, 4) is 0 Å². The lowest BCUT2D eigenvalue weighted by molar-refractivity contribution is -0.144. The molecule has 0 aliphatic rings. The summed E-state index contributed by atoms with van der Waals surface area (Å²) in [4.78, 5) is 70.3. The van der Waals surface area contributed by atoms with Crippen LogP contribution in [0.25, 0.3) is 0 Å². The van der Waals surface area contributed by atoms with Crippen molar-refractivity contribution in [3.05, 3.63) is 60.6 Å². The van der Waals surface area contributed by atoms with Crippen LogP contribution in [-0.4, -0.2) is 57.5 Å². The zero-order valence-electron chi connectivity index (χ0n) is 18.6. The van der Waals surface area contributed by atoms with Gasteiger partial charge < -0.3 is 19.9 Å². The van der Waals surface area contributed by atoms with Gasteiger partial charge in [-0.1, -0.05) is 0 Å². The number of nitrogens with zero attached hydrogens (tertiary/aromatic N) is 4. The molecule has 186 valence electrons. The third-order valence-electron chi connectivity index (χ3n) is 4.17. The highest BCUT2D eigenvalue weighted by Crippen LogP contribution is 2.27. The number of rotatable bonds is 6. The van der Waals surface area contributed by atoms with Gasteiger partial charge in [0.2, 0.25) is 12.2 Å². The number of nitrogen functional groups attached to an aromatic ring is 1. The van der Waals surface area contributed by atoms with E-state index >= 15 is 0 Å². The maximum atomic E-state index is 12.7. The van der Waals surface area contributed by atoms with Gasteiger partial charge in [-0.3, -0.25) is 33.1 Å². The Morgan fingerprint density at radius 2 is 1.68 bits per heavy atom. The fourth-order valence-electron chi connectivity index (χ4n) is 2.35. The molecule has 1 amide bonds. The SMILES string of the molecule is CN(C)C=O.Cn1c(N)c(C(=O)COC(=O)Cn2cc(C(F)(F)F)ccc2=O)c(=O)n(C)c1=O. The summed E-state index contributed by atoms with van der Waals surface area (Å²) in [6.07, 6.45) is -3.54. The molecule has 2 aromatic heterocycles. The minimum Gasteiger partial charge on any atom is -0.456 e. The van der Waals surface area contributed by atoms with Gasteiger partial charge in [-0.2, -0.15) is 13.2 Å². The smallest absolute Gasteiger partial charge is 0.417 e. The van der Waals surface area contributed by atoms with Crippen LogP contribution in [0.4, 0.5) is 19.0 Å². The average molecular weight is 489 g/mol. The lowest BCUT2D eigenvalue weighted by atomic mass is 10.2. The Hall–Kier alpha value is -4.17. The zero-order chi connectivity index (χ0) is 26.4. The Balaban J connectivity index is 0.00000104. The monoisotopic (exact) mass is 489 g/mol. The Labute approximate surface area is 189 Å². The molecule has 0 aliphatic carbocycles. The quantitative estimate of drug-likeness (QED) is 0.307. The fourth-order valence-corrected chi connectivity index (χ4v) is 2.35. The zero-order valence-corrected chi connectivity index (χ0v) is 18.6. The number of aromatic nitrogens is 3. The molecule has 15 heteroatoms. The first-order chi connectivity index (χ1) is 15.6. The number of hydrogen-bond acceptors (Lipinski definition) is 8. The van der Waals surface area contributed by atoms with E-state index in [1.54, 1.807) is 14.1 Å². The Kier molecular flexibility index (Phi) is 9.11. The number of Topliss-reactive ketones (excluding diaryl/α,β-unsaturated/α-hetero) is 1. The van der Waals surface area contributed by atoms with Gasteiger partial charge in [0.15, 0.2) is 6.61 Å². The van der Waals surface area contributed by atoms with Crippen LogP contribution in [0, 0.1) is 0 Å². The number of halogens is 3. The van der Waals surface area contributed by atoms with Crippen LogP contribution in [0.3, 0.4) is 0 Å². The Morgan fingerprint density at radius 1 is 1.12 bits per heavy atom. The van der Waals surface area contributed by atoms with Crippen molar-refractivity contribution in [3.63, 3.8) is 0 Å². The number of nitrogens with two attached hydrogens (primary N) is 1. The van der Waals surface area contributed by atoms with E-state index in [1.165, 1.54) is 11.9 Å². The molecule has 2 aromatic rings. The number of alkyl halides is 3. The molecule has 0 aromatic carbocycles. The summed E-state index contributed by atoms with van der Waals surface area (Å²) in [6.45, 7) is -1.86. The molecule has 34 heavy (non-hydrogen) atoms. The second kappa shape index (κ2) is 11.1. The van der Waals surface area contributed by atoms with E-state index < -0.39 is 64.8 Å². The number of ether oxygens (including phenoxy) is 1. The van der Waals surface area contributed by atoms with E-state index in [0.29, 0.717) is 27.5 Å². The lowest BCUT2D eigenvalue weighted by Crippen LogP contribution is -2.42. The first kappa shape index (κ1) is 27.9. The van der Waals surface area contributed by atoms with Crippen LogP contribution < -0.4 is 22.5 Å². The summed E-state index contributed by atoms with van der Waals surface area (Å²) in [5.74, 6) is -2.66. The summed E-state index contributed by atoms with van der Waals surface area (Å²) in [5.41, 5.74) is 1.20. The Morgan fingerprint density at radius 3 is 2.18 bits per heavy atom. The van der Waals surface area contributed by atoms with E-state index in [1.807, 2.05) is 0 Å². The topological polar surface area (TPSA) is 156 Å². The van der Waals surface area contributed by atoms with Gasteiger partial charge in [-0.05, 0) is 6.07 Å². The van der Waals surface area contributed by atoms with Gasteiger partial charge in [-0.25, -0.2) is 4.79 Å². The van der Waals surface area contributed by atoms with Crippen molar-refractivity contribution in [2.75, 3.05) is 26.4 Å². The van der Waals surface area contributed by atoms with Crippen LogP contribution in [0.1, 0.15) is 15.9 Å². The van der Waals surface area contributed by atoms with Gasteiger partial charge in [0.25, 0.3) is 11.1 Å². The molecule has 0 unspecified atom stereocenters. The highest BCUT2D eigenvalue weighted by molar-refractivity contribution is 6.01. The van der Waals surface area contributed by atoms with E-state index in [4.69, 9.17) is 5.73 Å². The maximum absolute atomic E-state index is 12.7. The molecular weight excluding hydrogens is 467 g/mol. The van der Waals surface area contributed by atoms with E-state index in [9.17, 15) is 41.9 Å². The molecule has 0 aliphatic heterocycles. The minimum atomic E-state index is -4.73. The highest BCUT2D eigenvalue weighted by atomic mass is 19.4. The molecule has 0 saturated heterocycles. The summed E-state index contributed by atoms with van der Waals surface area (Å²) in [5, 5.41) is 0. The molecule has 0 radical (unpaired) electrons. The summed E-state index contributed by atoms with van der Waals surface area (Å²) in [6, 6.07) is 1.20. The second-order valence-electron chi connectivity index (χ2n) is 7.00. The number of carbonyl (C=O) groups is 3. The normalized spacial score (nSPS) is 10.7. The predicted molar refractivity (Wildman–Crippen MR) is 112 cm³/mol. The molecule has 0 saturated carbocycles. The number of amides is 1. The molecule has 2 rings (SSSR count). The van der Waals surface area contributed by atoms with Crippen molar-refractivity contribution in [2.45, 2.75) is 12.7 Å². The van der Waals surface area contributed by atoms with Gasteiger partial charge in [0, 0.05) is 40.5 Å². The summed E-state index contributed by atoms with van der Waals surface area (Å²) < 4.78 is 44.7. The Bertz CT molecular complexity index is 1260. The van der Waals surface area contributed by atoms with E-state index in [2.05, 4.69) is 4.74 Å². The molecule has 0 spiro atoms. The molecule has 2 heterocycles. The largest absolute Gasteiger partial charge is 0.456 e. The standard InChI is InChI=1S/C16H15F3N4O6.C3H7NO/c1-21-13(20)12(14(27)22(2)15(21)28)9(24)7-29-11(26)6-23-5-8(16(17,18)19)3-4-10(23)25;1-4(2)3-5/h3-5H,6-7,20H2,1-2H3;3H,1-2H3. The second-order valence-corrected chi connectivity index (χ2v) is 7.00. The molecule has 2 N–H and O–H groups in total. The first-order valence-electron chi connectivity index (χ1n) is 9.25. The number of esters is 1. The number of hydrogen-bond donors (Lipinski definition) is 1. The van der Waals surface area contributed by atoms with E-state index in [-0.39, 0.29) is 0 Å². The van der Waals surface area contributed by atoms with Crippen LogP contribution in [0.5, 0.6) is 0 Å². The van der Waals surface area contributed by atoms with Crippen LogP contribution >= 0.6 is 0 Å². The van der Waals surface area contributed by atoms with Crippen LogP contribution in [0.15, 0.2) is 32.7 Å². The van der Waals surface area contributed by atoms with Crippen molar-refractivity contribution >= 4 is 24.0 Å². The van der Waals surface area contributed by atoms with Crippen LogP contribution in [0.2, 0.25) is 0 Å². The molecular formula is C19H22F3N5O7. The predicted octanol–water partition coefficient (Wildman–Crippen LogP) is -1.02. The highest BCUT2D eigenvalue weighted by Gasteiger charge is 2.31. The van der Waals surface area contributed by atoms with Gasteiger partial charge >= 0.3 is 17.8 Å². The number of pyridine rings is 1. The molecule has 0 fully saturated rings.